The second kappa shape index (κ2) is 4.28. The summed E-state index contributed by atoms with van der Waals surface area (Å²) in [6.45, 7) is 6.01. The lowest BCUT2D eigenvalue weighted by Crippen LogP contribution is -2.48. The first-order valence-corrected chi connectivity index (χ1v) is 5.22. The Bertz CT molecular complexity index is 218. The summed E-state index contributed by atoms with van der Waals surface area (Å²) in [6.07, 6.45) is 2.02. The van der Waals surface area contributed by atoms with Crippen molar-refractivity contribution < 1.29 is 9.90 Å². The van der Waals surface area contributed by atoms with E-state index in [4.69, 9.17) is 10.8 Å². The van der Waals surface area contributed by atoms with E-state index in [0.717, 1.165) is 19.5 Å². The van der Waals surface area contributed by atoms with E-state index >= 15 is 0 Å². The smallest absolute Gasteiger partial charge is 0.323 e. The van der Waals surface area contributed by atoms with Crippen molar-refractivity contribution in [2.75, 3.05) is 13.1 Å². The van der Waals surface area contributed by atoms with Crippen LogP contribution in [0, 0.1) is 0 Å². The molecule has 0 aromatic rings. The number of nitrogens with zero attached hydrogens (tertiary/aromatic N) is 1. The lowest BCUT2D eigenvalue weighted by molar-refractivity contribution is -0.143. The zero-order valence-electron chi connectivity index (χ0n) is 8.99. The summed E-state index contributed by atoms with van der Waals surface area (Å²) in [5, 5.41) is 9.00. The molecule has 0 aliphatic carbocycles. The van der Waals surface area contributed by atoms with Gasteiger partial charge in [-0.2, -0.15) is 0 Å². The fourth-order valence-electron chi connectivity index (χ4n) is 1.91. The van der Waals surface area contributed by atoms with Gasteiger partial charge >= 0.3 is 5.97 Å². The summed E-state index contributed by atoms with van der Waals surface area (Å²) in [5.74, 6) is -0.858. The monoisotopic (exact) mass is 200 g/mol. The molecule has 1 saturated heterocycles. The van der Waals surface area contributed by atoms with E-state index in [1.165, 1.54) is 0 Å². The van der Waals surface area contributed by atoms with Crippen LogP contribution in [0.15, 0.2) is 0 Å². The lowest BCUT2D eigenvalue weighted by atomic mass is 9.92. The maximum atomic E-state index is 11.0. The zero-order valence-corrected chi connectivity index (χ0v) is 8.99. The highest BCUT2D eigenvalue weighted by molar-refractivity contribution is 5.78. The molecule has 3 N–H and O–H groups in total. The van der Waals surface area contributed by atoms with Crippen molar-refractivity contribution >= 4 is 5.97 Å². The molecule has 0 aromatic carbocycles. The molecule has 0 amide bonds. The van der Waals surface area contributed by atoms with Gasteiger partial charge in [-0.25, -0.2) is 0 Å². The molecule has 1 heterocycles. The van der Waals surface area contributed by atoms with E-state index in [-0.39, 0.29) is 0 Å². The summed E-state index contributed by atoms with van der Waals surface area (Å²) in [6, 6.07) is 0.478. The van der Waals surface area contributed by atoms with Gasteiger partial charge in [-0.05, 0) is 39.7 Å². The van der Waals surface area contributed by atoms with Crippen LogP contribution < -0.4 is 5.73 Å². The minimum absolute atomic E-state index is 0.478. The van der Waals surface area contributed by atoms with E-state index in [1.807, 2.05) is 0 Å². The molecule has 4 heteroatoms. The Morgan fingerprint density at radius 2 is 2.07 bits per heavy atom. The first kappa shape index (κ1) is 11.5. The SMILES string of the molecule is CC(C)N1CCCC(N)(C(=O)O)CC1. The Kier molecular flexibility index (Phi) is 3.50. The maximum absolute atomic E-state index is 11.0. The van der Waals surface area contributed by atoms with Crippen molar-refractivity contribution in [2.45, 2.75) is 44.7 Å². The summed E-state index contributed by atoms with van der Waals surface area (Å²) < 4.78 is 0. The van der Waals surface area contributed by atoms with Crippen molar-refractivity contribution in [1.29, 1.82) is 0 Å². The van der Waals surface area contributed by atoms with Gasteiger partial charge in [0.25, 0.3) is 0 Å². The van der Waals surface area contributed by atoms with Gasteiger partial charge in [0.05, 0.1) is 0 Å². The van der Waals surface area contributed by atoms with Crippen LogP contribution in [0.3, 0.4) is 0 Å². The molecule has 0 saturated carbocycles. The topological polar surface area (TPSA) is 66.6 Å². The molecule has 0 aromatic heterocycles. The van der Waals surface area contributed by atoms with Crippen LogP contribution in [-0.2, 0) is 4.79 Å². The highest BCUT2D eigenvalue weighted by Crippen LogP contribution is 2.21. The molecule has 4 nitrogen and oxygen atoms in total. The largest absolute Gasteiger partial charge is 0.480 e. The summed E-state index contributed by atoms with van der Waals surface area (Å²) >= 11 is 0. The zero-order chi connectivity index (χ0) is 10.8. The summed E-state index contributed by atoms with van der Waals surface area (Å²) in [7, 11) is 0. The van der Waals surface area contributed by atoms with Crippen molar-refractivity contribution in [3.05, 3.63) is 0 Å². The van der Waals surface area contributed by atoms with Gasteiger partial charge in [0.2, 0.25) is 0 Å². The number of rotatable bonds is 2. The maximum Gasteiger partial charge on any atom is 0.323 e. The van der Waals surface area contributed by atoms with E-state index in [2.05, 4.69) is 18.7 Å². The van der Waals surface area contributed by atoms with Crippen LogP contribution in [0.2, 0.25) is 0 Å². The molecule has 1 aliphatic rings. The molecule has 0 spiro atoms. The molecule has 1 rings (SSSR count). The van der Waals surface area contributed by atoms with Crippen molar-refractivity contribution in [3.63, 3.8) is 0 Å². The number of aliphatic carboxylic acids is 1. The van der Waals surface area contributed by atoms with E-state index < -0.39 is 11.5 Å². The molecule has 82 valence electrons. The third-order valence-corrected chi connectivity index (χ3v) is 3.07. The quantitative estimate of drug-likeness (QED) is 0.687. The van der Waals surface area contributed by atoms with Crippen molar-refractivity contribution in [3.8, 4) is 0 Å². The highest BCUT2D eigenvalue weighted by Gasteiger charge is 2.35. The number of hydrogen-bond acceptors (Lipinski definition) is 3. The molecule has 0 bridgehead atoms. The number of carboxylic acid groups (broad SMARTS) is 1. The van der Waals surface area contributed by atoms with Crippen LogP contribution in [0.1, 0.15) is 33.1 Å². The van der Waals surface area contributed by atoms with Crippen molar-refractivity contribution in [1.82, 2.24) is 4.90 Å². The molecule has 1 fully saturated rings. The lowest BCUT2D eigenvalue weighted by Gasteiger charge is -2.25. The predicted octanol–water partition coefficient (Wildman–Crippen LogP) is 0.663. The third kappa shape index (κ3) is 2.45. The van der Waals surface area contributed by atoms with Gasteiger partial charge in [0.15, 0.2) is 0 Å². The average molecular weight is 200 g/mol. The van der Waals surface area contributed by atoms with Crippen LogP contribution in [0.4, 0.5) is 0 Å². The van der Waals surface area contributed by atoms with E-state index in [1.54, 1.807) is 0 Å². The van der Waals surface area contributed by atoms with Crippen LogP contribution in [-0.4, -0.2) is 40.6 Å². The Balaban J connectivity index is 2.61. The fraction of sp³-hybridized carbons (Fsp3) is 0.900. The minimum atomic E-state index is -0.996. The van der Waals surface area contributed by atoms with Crippen LogP contribution >= 0.6 is 0 Å². The van der Waals surface area contributed by atoms with Gasteiger partial charge in [0, 0.05) is 12.6 Å². The van der Waals surface area contributed by atoms with Gasteiger partial charge in [-0.3, -0.25) is 4.79 Å². The molecular weight excluding hydrogens is 180 g/mol. The Morgan fingerprint density at radius 3 is 2.57 bits per heavy atom. The first-order chi connectivity index (χ1) is 6.46. The molecule has 14 heavy (non-hydrogen) atoms. The van der Waals surface area contributed by atoms with Gasteiger partial charge < -0.3 is 15.7 Å². The summed E-state index contributed by atoms with van der Waals surface area (Å²) in [5.41, 5.74) is 4.84. The predicted molar refractivity (Wildman–Crippen MR) is 55.1 cm³/mol. The van der Waals surface area contributed by atoms with E-state index in [9.17, 15) is 4.79 Å². The highest BCUT2D eigenvalue weighted by atomic mass is 16.4. The second-order valence-corrected chi connectivity index (χ2v) is 4.44. The number of carboxylic acids is 1. The molecular formula is C10H20N2O2. The molecule has 0 radical (unpaired) electrons. The normalized spacial score (nSPS) is 30.3. The first-order valence-electron chi connectivity index (χ1n) is 5.22. The van der Waals surface area contributed by atoms with Gasteiger partial charge in [-0.15, -0.1) is 0 Å². The third-order valence-electron chi connectivity index (χ3n) is 3.07. The molecule has 1 unspecified atom stereocenters. The van der Waals surface area contributed by atoms with Gasteiger partial charge in [0.1, 0.15) is 5.54 Å². The van der Waals surface area contributed by atoms with Crippen LogP contribution in [0.25, 0.3) is 0 Å². The summed E-state index contributed by atoms with van der Waals surface area (Å²) in [4.78, 5) is 13.3. The number of likely N-dealkylation sites (tertiary alicyclic amines) is 1. The average Bonchev–Trinajstić information content (AvgIpc) is 2.28. The van der Waals surface area contributed by atoms with Crippen molar-refractivity contribution in [2.24, 2.45) is 5.73 Å². The van der Waals surface area contributed by atoms with E-state index in [0.29, 0.717) is 18.9 Å². The standard InChI is InChI=1S/C10H20N2O2/c1-8(2)12-6-3-4-10(11,5-7-12)9(13)14/h8H,3-7,11H2,1-2H3,(H,13,14). The second-order valence-electron chi connectivity index (χ2n) is 4.44. The number of carbonyl (C=O) groups is 1. The molecule has 1 aliphatic heterocycles. The fourth-order valence-corrected chi connectivity index (χ4v) is 1.91. The number of hydrogen-bond donors (Lipinski definition) is 2. The molecule has 1 atom stereocenters. The van der Waals surface area contributed by atoms with Crippen LogP contribution in [0.5, 0.6) is 0 Å². The Labute approximate surface area is 85.1 Å². The minimum Gasteiger partial charge on any atom is -0.480 e. The Morgan fingerprint density at radius 1 is 1.43 bits per heavy atom. The van der Waals surface area contributed by atoms with Gasteiger partial charge in [-0.1, -0.05) is 0 Å². The Hall–Kier alpha value is -0.610. The number of nitrogens with two attached hydrogens (primary N) is 1.